The minimum atomic E-state index is -0.105. The molecule has 0 aliphatic rings. The monoisotopic (exact) mass is 313 g/mol. The van der Waals surface area contributed by atoms with Crippen LogP contribution in [0.2, 0.25) is 0 Å². The molecule has 0 saturated carbocycles. The Morgan fingerprint density at radius 1 is 1.18 bits per heavy atom. The average Bonchev–Trinajstić information content (AvgIpc) is 3.12. The zero-order chi connectivity index (χ0) is 15.5. The first-order chi connectivity index (χ1) is 10.6. The van der Waals surface area contributed by atoms with E-state index in [2.05, 4.69) is 5.32 Å². The minimum Gasteiger partial charge on any atom is -0.453 e. The number of para-hydroxylation sites is 1. The lowest BCUT2D eigenvalue weighted by Crippen LogP contribution is -2.22. The summed E-state index contributed by atoms with van der Waals surface area (Å²) in [5.41, 5.74) is 0.716. The van der Waals surface area contributed by atoms with E-state index in [1.165, 1.54) is 18.3 Å². The molecule has 3 rings (SSSR count). The molecule has 3 aromatic rings. The molecule has 0 radical (unpaired) electrons. The predicted molar refractivity (Wildman–Crippen MR) is 86.4 cm³/mol. The molecular formula is C17H15NO3S. The molecule has 0 spiro atoms. The van der Waals surface area contributed by atoms with Crippen LogP contribution in [0.15, 0.2) is 46.9 Å². The van der Waals surface area contributed by atoms with Crippen molar-refractivity contribution in [2.24, 2.45) is 0 Å². The summed E-state index contributed by atoms with van der Waals surface area (Å²) >= 11 is 1.44. The van der Waals surface area contributed by atoms with Crippen molar-refractivity contribution in [2.45, 2.75) is 13.3 Å². The van der Waals surface area contributed by atoms with Crippen molar-refractivity contribution in [1.82, 2.24) is 5.32 Å². The molecule has 0 aliphatic carbocycles. The van der Waals surface area contributed by atoms with Crippen LogP contribution in [0.1, 0.15) is 27.2 Å². The van der Waals surface area contributed by atoms with Crippen molar-refractivity contribution in [1.29, 1.82) is 0 Å². The summed E-state index contributed by atoms with van der Waals surface area (Å²) in [7, 11) is 0. The standard InChI is InChI=1S/C17H15NO3S/c1-11(19)18-9-8-13-6-7-16(22-13)17(20)15-10-12-4-2-3-5-14(12)21-15/h2-7,10H,8-9H2,1H3,(H,18,19). The SMILES string of the molecule is CC(=O)NCCc1ccc(C(=O)c2cc3ccccc3o2)s1. The van der Waals surface area contributed by atoms with E-state index in [1.54, 1.807) is 6.07 Å². The lowest BCUT2D eigenvalue weighted by atomic mass is 10.2. The first-order valence-electron chi connectivity index (χ1n) is 7.00. The number of furan rings is 1. The van der Waals surface area contributed by atoms with Gasteiger partial charge in [-0.05, 0) is 30.7 Å². The first-order valence-corrected chi connectivity index (χ1v) is 7.81. The number of carbonyl (C=O) groups is 2. The van der Waals surface area contributed by atoms with Crippen LogP contribution < -0.4 is 5.32 Å². The molecule has 0 atom stereocenters. The van der Waals surface area contributed by atoms with E-state index < -0.39 is 0 Å². The zero-order valence-electron chi connectivity index (χ0n) is 12.1. The van der Waals surface area contributed by atoms with Gasteiger partial charge in [0.05, 0.1) is 4.88 Å². The highest BCUT2D eigenvalue weighted by molar-refractivity contribution is 7.14. The number of hydrogen-bond donors (Lipinski definition) is 1. The number of ketones is 1. The van der Waals surface area contributed by atoms with Crippen molar-refractivity contribution in [2.75, 3.05) is 6.54 Å². The van der Waals surface area contributed by atoms with Crippen LogP contribution in [0, 0.1) is 0 Å². The maximum Gasteiger partial charge on any atom is 0.238 e. The topological polar surface area (TPSA) is 59.3 Å². The quantitative estimate of drug-likeness (QED) is 0.734. The van der Waals surface area contributed by atoms with Crippen LogP contribution in [0.4, 0.5) is 0 Å². The van der Waals surface area contributed by atoms with E-state index in [0.717, 1.165) is 16.7 Å². The van der Waals surface area contributed by atoms with Gasteiger partial charge in [0.2, 0.25) is 11.7 Å². The lowest BCUT2D eigenvalue weighted by molar-refractivity contribution is -0.118. The molecule has 0 bridgehead atoms. The van der Waals surface area contributed by atoms with Gasteiger partial charge in [0.1, 0.15) is 5.58 Å². The number of carbonyl (C=O) groups excluding carboxylic acids is 2. The van der Waals surface area contributed by atoms with E-state index in [1.807, 2.05) is 36.4 Å². The van der Waals surface area contributed by atoms with Crippen LogP contribution >= 0.6 is 11.3 Å². The summed E-state index contributed by atoms with van der Waals surface area (Å²) in [4.78, 5) is 25.0. The molecule has 0 saturated heterocycles. The molecule has 1 N–H and O–H groups in total. The van der Waals surface area contributed by atoms with Gasteiger partial charge in [-0.25, -0.2) is 0 Å². The van der Waals surface area contributed by atoms with Crippen LogP contribution in [-0.4, -0.2) is 18.2 Å². The van der Waals surface area contributed by atoms with Gasteiger partial charge in [-0.15, -0.1) is 11.3 Å². The van der Waals surface area contributed by atoms with Gasteiger partial charge in [-0.2, -0.15) is 0 Å². The number of thiophene rings is 1. The van der Waals surface area contributed by atoms with Gasteiger partial charge in [0.25, 0.3) is 0 Å². The lowest BCUT2D eigenvalue weighted by Gasteiger charge is -1.98. The highest BCUT2D eigenvalue weighted by Crippen LogP contribution is 2.24. The van der Waals surface area contributed by atoms with Crippen LogP contribution in [0.25, 0.3) is 11.0 Å². The number of hydrogen-bond acceptors (Lipinski definition) is 4. The Hall–Kier alpha value is -2.40. The Kier molecular flexibility index (Phi) is 4.06. The summed E-state index contributed by atoms with van der Waals surface area (Å²) in [6.07, 6.45) is 0.720. The fourth-order valence-electron chi connectivity index (χ4n) is 2.21. The third kappa shape index (κ3) is 3.09. The Labute approximate surface area is 131 Å². The van der Waals surface area contributed by atoms with Gasteiger partial charge in [0, 0.05) is 23.7 Å². The number of nitrogens with one attached hydrogen (secondary N) is 1. The number of benzene rings is 1. The summed E-state index contributed by atoms with van der Waals surface area (Å²) in [6.45, 7) is 2.07. The van der Waals surface area contributed by atoms with Gasteiger partial charge in [-0.3, -0.25) is 9.59 Å². The van der Waals surface area contributed by atoms with Crippen molar-refractivity contribution in [3.05, 3.63) is 58.0 Å². The maximum atomic E-state index is 12.5. The van der Waals surface area contributed by atoms with Crippen molar-refractivity contribution >= 4 is 34.0 Å². The Morgan fingerprint density at radius 3 is 2.77 bits per heavy atom. The van der Waals surface area contributed by atoms with Gasteiger partial charge in [0.15, 0.2) is 5.76 Å². The second kappa shape index (κ2) is 6.15. The zero-order valence-corrected chi connectivity index (χ0v) is 12.9. The molecule has 5 heteroatoms. The van der Waals surface area contributed by atoms with Gasteiger partial charge >= 0.3 is 0 Å². The van der Waals surface area contributed by atoms with Crippen LogP contribution in [-0.2, 0) is 11.2 Å². The molecular weight excluding hydrogens is 298 g/mol. The van der Waals surface area contributed by atoms with Gasteiger partial charge in [-0.1, -0.05) is 18.2 Å². The molecule has 2 aromatic heterocycles. The highest BCUT2D eigenvalue weighted by Gasteiger charge is 2.16. The van der Waals surface area contributed by atoms with E-state index >= 15 is 0 Å². The molecule has 1 amide bonds. The Balaban J connectivity index is 1.74. The largest absolute Gasteiger partial charge is 0.453 e. The molecule has 112 valence electrons. The maximum absolute atomic E-state index is 12.5. The fraction of sp³-hybridized carbons (Fsp3) is 0.176. The third-order valence-corrected chi connectivity index (χ3v) is 4.42. The summed E-state index contributed by atoms with van der Waals surface area (Å²) < 4.78 is 5.61. The third-order valence-electron chi connectivity index (χ3n) is 3.28. The number of amides is 1. The smallest absolute Gasteiger partial charge is 0.238 e. The normalized spacial score (nSPS) is 10.8. The minimum absolute atomic E-state index is 0.0462. The molecule has 0 fully saturated rings. The van der Waals surface area contributed by atoms with Crippen LogP contribution in [0.5, 0.6) is 0 Å². The second-order valence-electron chi connectivity index (χ2n) is 4.98. The molecule has 1 aromatic carbocycles. The summed E-state index contributed by atoms with van der Waals surface area (Å²) in [5, 5.41) is 3.67. The number of fused-ring (bicyclic) bond motifs is 1. The predicted octanol–water partition coefficient (Wildman–Crippen LogP) is 3.40. The van der Waals surface area contributed by atoms with Crippen molar-refractivity contribution < 1.29 is 14.0 Å². The Morgan fingerprint density at radius 2 is 2.00 bits per heavy atom. The Bertz CT molecular complexity index is 798. The molecule has 2 heterocycles. The van der Waals surface area contributed by atoms with E-state index in [9.17, 15) is 9.59 Å². The van der Waals surface area contributed by atoms with E-state index in [-0.39, 0.29) is 11.7 Å². The number of rotatable bonds is 5. The van der Waals surface area contributed by atoms with Gasteiger partial charge < -0.3 is 9.73 Å². The summed E-state index contributed by atoms with van der Waals surface area (Å²) in [5.74, 6) is 0.207. The first kappa shape index (κ1) is 14.5. The molecule has 0 unspecified atom stereocenters. The van der Waals surface area contributed by atoms with Crippen LogP contribution in [0.3, 0.4) is 0 Å². The van der Waals surface area contributed by atoms with Crippen molar-refractivity contribution in [3.63, 3.8) is 0 Å². The average molecular weight is 313 g/mol. The van der Waals surface area contributed by atoms with E-state index in [0.29, 0.717) is 22.8 Å². The second-order valence-corrected chi connectivity index (χ2v) is 6.14. The molecule has 0 aliphatic heterocycles. The fourth-order valence-corrected chi connectivity index (χ4v) is 3.16. The highest BCUT2D eigenvalue weighted by atomic mass is 32.1. The van der Waals surface area contributed by atoms with Crippen molar-refractivity contribution in [3.8, 4) is 0 Å². The molecule has 22 heavy (non-hydrogen) atoms. The summed E-state index contributed by atoms with van der Waals surface area (Å²) in [6, 6.07) is 13.1. The van der Waals surface area contributed by atoms with E-state index in [4.69, 9.17) is 4.42 Å². The molecule has 4 nitrogen and oxygen atoms in total.